The number of carbonyl (C=O) groups excluding carboxylic acids is 1. The molecule has 0 aliphatic carbocycles. The topological polar surface area (TPSA) is 23.6 Å². The molecule has 1 unspecified atom stereocenters. The van der Waals surface area contributed by atoms with E-state index in [0.29, 0.717) is 6.04 Å². The van der Waals surface area contributed by atoms with Crippen LogP contribution in [0.15, 0.2) is 41.1 Å². The summed E-state index contributed by atoms with van der Waals surface area (Å²) in [6, 6.07) is 11.2. The third-order valence-corrected chi connectivity index (χ3v) is 5.58. The smallest absolute Gasteiger partial charge is 0.254 e. The number of rotatable bonds is 2. The molecule has 1 aromatic carbocycles. The van der Waals surface area contributed by atoms with Crippen molar-refractivity contribution >= 4 is 17.2 Å². The molecule has 2 aromatic rings. The number of amides is 1. The third kappa shape index (κ3) is 2.57. The van der Waals surface area contributed by atoms with Gasteiger partial charge < -0.3 is 4.90 Å². The van der Waals surface area contributed by atoms with Crippen molar-refractivity contribution in [2.45, 2.75) is 25.4 Å². The summed E-state index contributed by atoms with van der Waals surface area (Å²) in [6.45, 7) is 3.90. The van der Waals surface area contributed by atoms with Gasteiger partial charge in [0.1, 0.15) is 0 Å². The summed E-state index contributed by atoms with van der Waals surface area (Å²) in [5.74, 6) is 0.196. The van der Waals surface area contributed by atoms with Crippen LogP contribution in [0.5, 0.6) is 0 Å². The first-order valence-corrected chi connectivity index (χ1v) is 8.88. The molecule has 0 spiro atoms. The average Bonchev–Trinajstić information content (AvgIpc) is 3.25. The van der Waals surface area contributed by atoms with E-state index >= 15 is 0 Å². The Labute approximate surface area is 135 Å². The minimum atomic E-state index is 0.196. The van der Waals surface area contributed by atoms with E-state index in [1.165, 1.54) is 11.1 Å². The van der Waals surface area contributed by atoms with Crippen LogP contribution in [0.3, 0.4) is 0 Å². The van der Waals surface area contributed by atoms with Crippen molar-refractivity contribution in [1.29, 1.82) is 0 Å². The number of hydrogen-bond donors (Lipinski definition) is 0. The predicted octanol–water partition coefficient (Wildman–Crippen LogP) is 3.02. The Morgan fingerprint density at radius 3 is 2.82 bits per heavy atom. The lowest BCUT2D eigenvalue weighted by Crippen LogP contribution is -2.41. The zero-order valence-corrected chi connectivity index (χ0v) is 13.4. The first-order valence-electron chi connectivity index (χ1n) is 7.93. The van der Waals surface area contributed by atoms with Crippen LogP contribution in [0.1, 0.15) is 27.9 Å². The second-order valence-electron chi connectivity index (χ2n) is 6.19. The van der Waals surface area contributed by atoms with E-state index in [9.17, 15) is 4.79 Å². The zero-order valence-electron chi connectivity index (χ0n) is 12.6. The number of nitrogens with zero attached hydrogens (tertiary/aromatic N) is 2. The molecule has 1 amide bonds. The van der Waals surface area contributed by atoms with Crippen molar-refractivity contribution in [3.8, 4) is 0 Å². The van der Waals surface area contributed by atoms with Crippen molar-refractivity contribution in [1.82, 2.24) is 9.80 Å². The highest BCUT2D eigenvalue weighted by Crippen LogP contribution is 2.25. The summed E-state index contributed by atoms with van der Waals surface area (Å²) < 4.78 is 0. The molecule has 1 fully saturated rings. The van der Waals surface area contributed by atoms with Crippen LogP contribution >= 0.6 is 11.3 Å². The molecule has 0 saturated carbocycles. The van der Waals surface area contributed by atoms with Gasteiger partial charge in [-0.2, -0.15) is 11.3 Å². The molecule has 4 heteroatoms. The molecule has 114 valence electrons. The predicted molar refractivity (Wildman–Crippen MR) is 89.2 cm³/mol. The molecule has 2 aliphatic rings. The summed E-state index contributed by atoms with van der Waals surface area (Å²) in [5, 5.41) is 3.93. The quantitative estimate of drug-likeness (QED) is 0.851. The highest BCUT2D eigenvalue weighted by Gasteiger charge is 2.32. The van der Waals surface area contributed by atoms with E-state index in [0.717, 1.165) is 44.6 Å². The highest BCUT2D eigenvalue weighted by molar-refractivity contribution is 7.08. The maximum atomic E-state index is 12.4. The molecule has 1 saturated heterocycles. The largest absolute Gasteiger partial charge is 0.337 e. The standard InChI is InChI=1S/C18H20N2OS/c21-18(16-7-10-22-13-16)20-9-6-17(12-20)19-8-5-14-3-1-2-4-15(14)11-19/h1-4,7,10,13,17H,5-6,8-9,11-12H2. The summed E-state index contributed by atoms with van der Waals surface area (Å²) in [6.07, 6.45) is 2.23. The van der Waals surface area contributed by atoms with Crippen LogP contribution in [0.25, 0.3) is 0 Å². The number of hydrogen-bond acceptors (Lipinski definition) is 3. The molecule has 2 aliphatic heterocycles. The Bertz CT molecular complexity index is 667. The van der Waals surface area contributed by atoms with Crippen LogP contribution in [0.4, 0.5) is 0 Å². The lowest BCUT2D eigenvalue weighted by Gasteiger charge is -2.33. The van der Waals surface area contributed by atoms with Crippen LogP contribution in [-0.4, -0.2) is 41.4 Å². The van der Waals surface area contributed by atoms with Gasteiger partial charge in [-0.1, -0.05) is 24.3 Å². The van der Waals surface area contributed by atoms with E-state index in [-0.39, 0.29) is 5.91 Å². The summed E-state index contributed by atoms with van der Waals surface area (Å²) in [5.41, 5.74) is 3.79. The number of benzene rings is 1. The van der Waals surface area contributed by atoms with Gasteiger partial charge in [-0.05, 0) is 35.4 Å². The third-order valence-electron chi connectivity index (χ3n) is 4.90. The Morgan fingerprint density at radius 1 is 1.14 bits per heavy atom. The monoisotopic (exact) mass is 312 g/mol. The number of likely N-dealkylation sites (tertiary alicyclic amines) is 1. The molecule has 3 nitrogen and oxygen atoms in total. The average molecular weight is 312 g/mol. The number of fused-ring (bicyclic) bond motifs is 1. The number of thiophene rings is 1. The fraction of sp³-hybridized carbons (Fsp3) is 0.389. The zero-order chi connectivity index (χ0) is 14.9. The molecule has 0 bridgehead atoms. The lowest BCUT2D eigenvalue weighted by atomic mass is 9.98. The molecule has 0 radical (unpaired) electrons. The molecular formula is C18H20N2OS. The van der Waals surface area contributed by atoms with Crippen molar-refractivity contribution in [2.24, 2.45) is 0 Å². The Kier molecular flexibility index (Phi) is 3.72. The van der Waals surface area contributed by atoms with E-state index in [1.54, 1.807) is 11.3 Å². The Hall–Kier alpha value is -1.65. The first-order chi connectivity index (χ1) is 10.8. The maximum Gasteiger partial charge on any atom is 0.254 e. The second kappa shape index (κ2) is 5.86. The minimum Gasteiger partial charge on any atom is -0.337 e. The normalized spacial score (nSPS) is 21.8. The lowest BCUT2D eigenvalue weighted by molar-refractivity contribution is 0.0774. The van der Waals surface area contributed by atoms with Crippen molar-refractivity contribution in [2.75, 3.05) is 19.6 Å². The fourth-order valence-electron chi connectivity index (χ4n) is 3.62. The summed E-state index contributed by atoms with van der Waals surface area (Å²) in [7, 11) is 0. The second-order valence-corrected chi connectivity index (χ2v) is 6.97. The van der Waals surface area contributed by atoms with Crippen molar-refractivity contribution < 1.29 is 4.79 Å². The van der Waals surface area contributed by atoms with Gasteiger partial charge in [-0.3, -0.25) is 9.69 Å². The van der Waals surface area contributed by atoms with Crippen LogP contribution in [0.2, 0.25) is 0 Å². The fourth-order valence-corrected chi connectivity index (χ4v) is 4.25. The van der Waals surface area contributed by atoms with E-state index in [2.05, 4.69) is 29.2 Å². The summed E-state index contributed by atoms with van der Waals surface area (Å²) >= 11 is 1.59. The van der Waals surface area contributed by atoms with Gasteiger partial charge in [0.2, 0.25) is 0 Å². The van der Waals surface area contributed by atoms with E-state index in [4.69, 9.17) is 0 Å². The molecule has 1 atom stereocenters. The first kappa shape index (κ1) is 14.0. The van der Waals surface area contributed by atoms with E-state index in [1.807, 2.05) is 21.7 Å². The van der Waals surface area contributed by atoms with Crippen LogP contribution in [-0.2, 0) is 13.0 Å². The van der Waals surface area contributed by atoms with Gasteiger partial charge in [-0.15, -0.1) is 0 Å². The van der Waals surface area contributed by atoms with E-state index < -0.39 is 0 Å². The highest BCUT2D eigenvalue weighted by atomic mass is 32.1. The van der Waals surface area contributed by atoms with Gasteiger partial charge >= 0.3 is 0 Å². The SMILES string of the molecule is O=C(c1ccsc1)N1CCC(N2CCc3ccccc3C2)C1. The van der Waals surface area contributed by atoms with Gasteiger partial charge in [0.05, 0.1) is 5.56 Å². The molecule has 0 N–H and O–H groups in total. The molecular weight excluding hydrogens is 292 g/mol. The number of carbonyl (C=O) groups is 1. The van der Waals surface area contributed by atoms with Gasteiger partial charge in [0, 0.05) is 37.6 Å². The maximum absolute atomic E-state index is 12.4. The van der Waals surface area contributed by atoms with Crippen molar-refractivity contribution in [3.63, 3.8) is 0 Å². The minimum absolute atomic E-state index is 0.196. The van der Waals surface area contributed by atoms with Crippen molar-refractivity contribution in [3.05, 3.63) is 57.8 Å². The van der Waals surface area contributed by atoms with Gasteiger partial charge in [-0.25, -0.2) is 0 Å². The van der Waals surface area contributed by atoms with Crippen LogP contribution < -0.4 is 0 Å². The molecule has 4 rings (SSSR count). The molecule has 3 heterocycles. The molecule has 22 heavy (non-hydrogen) atoms. The Balaban J connectivity index is 1.42. The van der Waals surface area contributed by atoms with Gasteiger partial charge in [0.15, 0.2) is 0 Å². The molecule has 1 aromatic heterocycles. The Morgan fingerprint density at radius 2 is 2.00 bits per heavy atom. The van der Waals surface area contributed by atoms with Crippen LogP contribution in [0, 0.1) is 0 Å². The summed E-state index contributed by atoms with van der Waals surface area (Å²) in [4.78, 5) is 17.0. The van der Waals surface area contributed by atoms with Gasteiger partial charge in [0.25, 0.3) is 5.91 Å².